The summed E-state index contributed by atoms with van der Waals surface area (Å²) in [5.74, 6) is 0.690. The average molecular weight is 650 g/mol. The van der Waals surface area contributed by atoms with Crippen molar-refractivity contribution in [3.63, 3.8) is 0 Å². The third-order valence-corrected chi connectivity index (χ3v) is 10.0. The molecular formula is C48H31N3. The smallest absolute Gasteiger partial charge is 0.160 e. The Kier molecular flexibility index (Phi) is 7.42. The molecule has 7 aromatic carbocycles. The largest absolute Gasteiger partial charge is 0.228 e. The minimum atomic E-state index is -0.585. The van der Waals surface area contributed by atoms with Crippen LogP contribution in [0.3, 0.4) is 0 Å². The number of fused-ring (bicyclic) bond motifs is 3. The SMILES string of the molecule is N#Cc1cccc2c1-c1c(-c3ccc(-c4cc(-c5ccccc5)nc(-c5ccccc5)n4)cc3)cccc1C2(c1ccccc1)c1ccccc1. The highest BCUT2D eigenvalue weighted by molar-refractivity contribution is 5.97. The minimum Gasteiger partial charge on any atom is -0.228 e. The van der Waals surface area contributed by atoms with E-state index >= 15 is 0 Å². The van der Waals surface area contributed by atoms with Gasteiger partial charge in [0.15, 0.2) is 5.82 Å². The Morgan fingerprint density at radius 3 is 1.45 bits per heavy atom. The van der Waals surface area contributed by atoms with Crippen molar-refractivity contribution in [3.8, 4) is 62.2 Å². The van der Waals surface area contributed by atoms with Crippen LogP contribution in [0.15, 0.2) is 188 Å². The maximum absolute atomic E-state index is 10.5. The van der Waals surface area contributed by atoms with Gasteiger partial charge in [-0.2, -0.15) is 5.26 Å². The fraction of sp³-hybridized carbons (Fsp3) is 0.0208. The van der Waals surface area contributed by atoms with Crippen LogP contribution in [0.1, 0.15) is 27.8 Å². The zero-order valence-electron chi connectivity index (χ0n) is 27.7. The lowest BCUT2D eigenvalue weighted by Gasteiger charge is -2.34. The quantitative estimate of drug-likeness (QED) is 0.180. The van der Waals surface area contributed by atoms with Gasteiger partial charge in [-0.3, -0.25) is 0 Å². The lowest BCUT2D eigenvalue weighted by molar-refractivity contribution is 0.768. The predicted octanol–water partition coefficient (Wildman–Crippen LogP) is 11.4. The maximum atomic E-state index is 10.5. The first-order valence-electron chi connectivity index (χ1n) is 17.1. The van der Waals surface area contributed by atoms with E-state index in [1.165, 1.54) is 16.7 Å². The number of benzene rings is 7. The molecule has 0 amide bonds. The zero-order chi connectivity index (χ0) is 34.2. The summed E-state index contributed by atoms with van der Waals surface area (Å²) in [6.45, 7) is 0. The summed E-state index contributed by atoms with van der Waals surface area (Å²) in [5, 5.41) is 10.5. The van der Waals surface area contributed by atoms with Gasteiger partial charge in [-0.05, 0) is 51.1 Å². The van der Waals surface area contributed by atoms with Gasteiger partial charge in [-0.1, -0.05) is 176 Å². The van der Waals surface area contributed by atoms with Gasteiger partial charge >= 0.3 is 0 Å². The summed E-state index contributed by atoms with van der Waals surface area (Å²) in [6.07, 6.45) is 0. The number of aromatic nitrogens is 2. The molecule has 1 heterocycles. The Labute approximate surface area is 297 Å². The van der Waals surface area contributed by atoms with E-state index in [0.29, 0.717) is 11.4 Å². The molecule has 0 spiro atoms. The molecular weight excluding hydrogens is 619 g/mol. The molecule has 9 rings (SSSR count). The van der Waals surface area contributed by atoms with E-state index < -0.39 is 5.41 Å². The first-order chi connectivity index (χ1) is 25.3. The van der Waals surface area contributed by atoms with E-state index in [9.17, 15) is 5.26 Å². The van der Waals surface area contributed by atoms with Crippen LogP contribution in [-0.2, 0) is 5.41 Å². The van der Waals surface area contributed by atoms with E-state index in [1.54, 1.807) is 0 Å². The van der Waals surface area contributed by atoms with Crippen LogP contribution in [0, 0.1) is 11.3 Å². The van der Waals surface area contributed by atoms with E-state index in [-0.39, 0.29) is 0 Å². The van der Waals surface area contributed by atoms with Crippen molar-refractivity contribution >= 4 is 0 Å². The van der Waals surface area contributed by atoms with Crippen molar-refractivity contribution in [2.45, 2.75) is 5.41 Å². The second-order valence-electron chi connectivity index (χ2n) is 12.8. The highest BCUT2D eigenvalue weighted by Gasteiger charge is 2.47. The predicted molar refractivity (Wildman–Crippen MR) is 206 cm³/mol. The summed E-state index contributed by atoms with van der Waals surface area (Å²) in [4.78, 5) is 10.0. The lowest BCUT2D eigenvalue weighted by atomic mass is 9.67. The molecule has 1 aliphatic carbocycles. The Morgan fingerprint density at radius 1 is 0.412 bits per heavy atom. The van der Waals surface area contributed by atoms with Crippen molar-refractivity contribution in [1.29, 1.82) is 5.26 Å². The average Bonchev–Trinajstić information content (AvgIpc) is 3.53. The molecule has 238 valence electrons. The molecule has 1 aliphatic rings. The Balaban J connectivity index is 1.23. The third-order valence-electron chi connectivity index (χ3n) is 10.0. The van der Waals surface area contributed by atoms with Crippen molar-refractivity contribution < 1.29 is 0 Å². The van der Waals surface area contributed by atoms with Crippen molar-refractivity contribution in [2.75, 3.05) is 0 Å². The van der Waals surface area contributed by atoms with Crippen LogP contribution in [0.5, 0.6) is 0 Å². The number of nitrogens with zero attached hydrogens (tertiary/aromatic N) is 3. The molecule has 0 radical (unpaired) electrons. The Bertz CT molecular complexity index is 2460. The molecule has 3 nitrogen and oxygen atoms in total. The van der Waals surface area contributed by atoms with Gasteiger partial charge in [0.05, 0.1) is 28.4 Å². The number of nitriles is 1. The van der Waals surface area contributed by atoms with Gasteiger partial charge < -0.3 is 0 Å². The van der Waals surface area contributed by atoms with Gasteiger partial charge in [0.25, 0.3) is 0 Å². The summed E-state index contributed by atoms with van der Waals surface area (Å²) in [5.41, 5.74) is 13.8. The fourth-order valence-electron chi connectivity index (χ4n) is 7.80. The monoisotopic (exact) mass is 649 g/mol. The molecule has 0 unspecified atom stereocenters. The second-order valence-corrected chi connectivity index (χ2v) is 12.8. The van der Waals surface area contributed by atoms with Crippen LogP contribution in [0.4, 0.5) is 0 Å². The highest BCUT2D eigenvalue weighted by Crippen LogP contribution is 2.59. The number of hydrogen-bond donors (Lipinski definition) is 0. The standard InChI is InChI=1S/C48H31N3/c49-32-37-19-13-25-41-45(37)46-40(24-14-26-42(46)48(41,38-20-9-3-10-21-38)39-22-11-4-12-23-39)33-27-29-35(30-28-33)44-31-43(34-15-5-1-6-16-34)50-47(51-44)36-17-7-2-8-18-36/h1-31H. The van der Waals surface area contributed by atoms with E-state index in [4.69, 9.17) is 9.97 Å². The summed E-state index contributed by atoms with van der Waals surface area (Å²) in [7, 11) is 0. The Hall–Kier alpha value is -6.89. The minimum absolute atomic E-state index is 0.585. The molecule has 0 fully saturated rings. The Morgan fingerprint density at radius 2 is 0.882 bits per heavy atom. The molecule has 0 bridgehead atoms. The molecule has 3 heteroatoms. The molecule has 8 aromatic rings. The molecule has 0 saturated heterocycles. The van der Waals surface area contributed by atoms with Crippen molar-refractivity contribution in [1.82, 2.24) is 9.97 Å². The topological polar surface area (TPSA) is 49.6 Å². The van der Waals surface area contributed by atoms with Crippen molar-refractivity contribution in [2.24, 2.45) is 0 Å². The van der Waals surface area contributed by atoms with Crippen molar-refractivity contribution in [3.05, 3.63) is 216 Å². The van der Waals surface area contributed by atoms with Gasteiger partial charge in [0.1, 0.15) is 0 Å². The summed E-state index contributed by atoms with van der Waals surface area (Å²) < 4.78 is 0. The first-order valence-corrected chi connectivity index (χ1v) is 17.1. The van der Waals surface area contributed by atoms with Gasteiger partial charge in [0, 0.05) is 22.3 Å². The van der Waals surface area contributed by atoms with Gasteiger partial charge in [0.2, 0.25) is 0 Å². The summed E-state index contributed by atoms with van der Waals surface area (Å²) >= 11 is 0. The molecule has 0 atom stereocenters. The summed E-state index contributed by atoms with van der Waals surface area (Å²) in [6, 6.07) is 67.8. The normalized spacial score (nSPS) is 12.5. The highest BCUT2D eigenvalue weighted by atomic mass is 14.9. The van der Waals surface area contributed by atoms with Crippen LogP contribution in [-0.4, -0.2) is 9.97 Å². The van der Waals surface area contributed by atoms with Crippen LogP contribution < -0.4 is 0 Å². The number of hydrogen-bond acceptors (Lipinski definition) is 3. The molecule has 0 N–H and O–H groups in total. The van der Waals surface area contributed by atoms with E-state index in [2.05, 4.69) is 133 Å². The van der Waals surface area contributed by atoms with Crippen LogP contribution >= 0.6 is 0 Å². The van der Waals surface area contributed by atoms with Crippen LogP contribution in [0.25, 0.3) is 56.2 Å². The fourth-order valence-corrected chi connectivity index (χ4v) is 7.80. The molecule has 0 saturated carbocycles. The third kappa shape index (κ3) is 4.97. The zero-order valence-corrected chi connectivity index (χ0v) is 27.7. The maximum Gasteiger partial charge on any atom is 0.160 e. The van der Waals surface area contributed by atoms with E-state index in [0.717, 1.165) is 55.9 Å². The second kappa shape index (κ2) is 12.5. The van der Waals surface area contributed by atoms with E-state index in [1.807, 2.05) is 60.7 Å². The lowest BCUT2D eigenvalue weighted by Crippen LogP contribution is -2.28. The number of rotatable bonds is 6. The van der Waals surface area contributed by atoms with Crippen LogP contribution in [0.2, 0.25) is 0 Å². The molecule has 51 heavy (non-hydrogen) atoms. The molecule has 1 aromatic heterocycles. The first kappa shape index (κ1) is 30.2. The van der Waals surface area contributed by atoms with Gasteiger partial charge in [-0.15, -0.1) is 0 Å². The van der Waals surface area contributed by atoms with Gasteiger partial charge in [-0.25, -0.2) is 9.97 Å². The molecule has 0 aliphatic heterocycles.